The Labute approximate surface area is 163 Å². The van der Waals surface area contributed by atoms with Gasteiger partial charge < -0.3 is 4.74 Å². The van der Waals surface area contributed by atoms with Gasteiger partial charge in [0.2, 0.25) is 0 Å². The Morgan fingerprint density at radius 3 is 2.65 bits per heavy atom. The van der Waals surface area contributed by atoms with E-state index in [1.807, 2.05) is 36.4 Å². The van der Waals surface area contributed by atoms with Crippen LogP contribution in [0.3, 0.4) is 0 Å². The van der Waals surface area contributed by atoms with Crippen LogP contribution in [0.4, 0.5) is 0 Å². The van der Waals surface area contributed by atoms with Crippen molar-refractivity contribution < 1.29 is 4.74 Å². The molecule has 0 bridgehead atoms. The smallest absolute Gasteiger partial charge is 0.121 e. The first kappa shape index (κ1) is 17.6. The Bertz CT molecular complexity index is 907. The lowest BCUT2D eigenvalue weighted by Gasteiger charge is -2.32. The average molecular weight is 387 g/mol. The van der Waals surface area contributed by atoms with Gasteiger partial charge in [-0.1, -0.05) is 41.4 Å². The summed E-state index contributed by atoms with van der Waals surface area (Å²) in [4.78, 5) is 6.56. The number of likely N-dealkylation sites (tertiary alicyclic amines) is 1. The molecule has 0 unspecified atom stereocenters. The first-order chi connectivity index (χ1) is 12.7. The van der Waals surface area contributed by atoms with E-state index in [1.54, 1.807) is 12.4 Å². The molecule has 134 valence electrons. The molecule has 0 saturated carbocycles. The van der Waals surface area contributed by atoms with Crippen LogP contribution in [-0.4, -0.2) is 29.1 Å². The van der Waals surface area contributed by atoms with E-state index in [9.17, 15) is 0 Å². The molecule has 2 aromatic carbocycles. The second-order valence-electron chi connectivity index (χ2n) is 6.69. The Morgan fingerprint density at radius 2 is 1.85 bits per heavy atom. The summed E-state index contributed by atoms with van der Waals surface area (Å²) < 4.78 is 6.21. The molecule has 1 aliphatic rings. The number of benzene rings is 2. The molecule has 1 fully saturated rings. The molecule has 1 aromatic heterocycles. The molecule has 0 atom stereocenters. The fourth-order valence-corrected chi connectivity index (χ4v) is 3.90. The Hall–Kier alpha value is -1.81. The van der Waals surface area contributed by atoms with Crippen molar-refractivity contribution in [2.45, 2.75) is 25.5 Å². The number of rotatable bonds is 4. The number of ether oxygens (including phenoxy) is 1. The van der Waals surface area contributed by atoms with Crippen molar-refractivity contribution in [1.29, 1.82) is 0 Å². The summed E-state index contributed by atoms with van der Waals surface area (Å²) in [5.74, 6) is 0.832. The molecule has 2 heterocycles. The number of aromatic nitrogens is 1. The van der Waals surface area contributed by atoms with Crippen LogP contribution in [0.2, 0.25) is 10.0 Å². The molecule has 26 heavy (non-hydrogen) atoms. The molecule has 3 nitrogen and oxygen atoms in total. The van der Waals surface area contributed by atoms with Crippen molar-refractivity contribution in [1.82, 2.24) is 9.88 Å². The minimum atomic E-state index is 0.216. The molecule has 0 N–H and O–H groups in total. The lowest BCUT2D eigenvalue weighted by molar-refractivity contribution is 0.0969. The maximum absolute atomic E-state index is 6.37. The van der Waals surface area contributed by atoms with E-state index in [4.69, 9.17) is 27.9 Å². The highest BCUT2D eigenvalue weighted by atomic mass is 35.5. The number of fused-ring (bicyclic) bond motifs is 1. The first-order valence-electron chi connectivity index (χ1n) is 8.85. The molecule has 0 aliphatic carbocycles. The van der Waals surface area contributed by atoms with E-state index < -0.39 is 0 Å². The van der Waals surface area contributed by atoms with Gasteiger partial charge in [0.15, 0.2) is 0 Å². The van der Waals surface area contributed by atoms with E-state index >= 15 is 0 Å². The number of halogens is 2. The molecular formula is C21H20Cl2N2O. The quantitative estimate of drug-likeness (QED) is 0.584. The van der Waals surface area contributed by atoms with Gasteiger partial charge in [-0.15, -0.1) is 0 Å². The summed E-state index contributed by atoms with van der Waals surface area (Å²) in [7, 11) is 0. The number of nitrogens with zero attached hydrogens (tertiary/aromatic N) is 2. The average Bonchev–Trinajstić information content (AvgIpc) is 2.65. The Kier molecular flexibility index (Phi) is 5.30. The molecule has 4 rings (SSSR count). The van der Waals surface area contributed by atoms with E-state index in [-0.39, 0.29) is 6.10 Å². The van der Waals surface area contributed by atoms with Gasteiger partial charge in [0.05, 0.1) is 5.02 Å². The van der Waals surface area contributed by atoms with Crippen LogP contribution < -0.4 is 4.74 Å². The molecule has 1 aliphatic heterocycles. The van der Waals surface area contributed by atoms with E-state index in [0.717, 1.165) is 54.0 Å². The van der Waals surface area contributed by atoms with Crippen LogP contribution in [-0.2, 0) is 6.54 Å². The second-order valence-corrected chi connectivity index (χ2v) is 7.50. The highest BCUT2D eigenvalue weighted by molar-refractivity contribution is 6.35. The zero-order valence-corrected chi connectivity index (χ0v) is 15.9. The summed E-state index contributed by atoms with van der Waals surface area (Å²) >= 11 is 12.6. The summed E-state index contributed by atoms with van der Waals surface area (Å²) in [6, 6.07) is 13.9. The number of piperidine rings is 1. The van der Waals surface area contributed by atoms with Crippen LogP contribution in [0.25, 0.3) is 10.8 Å². The molecular weight excluding hydrogens is 367 g/mol. The zero-order valence-electron chi connectivity index (χ0n) is 14.4. The van der Waals surface area contributed by atoms with Crippen LogP contribution in [0.5, 0.6) is 5.75 Å². The second kappa shape index (κ2) is 7.83. The topological polar surface area (TPSA) is 25.4 Å². The monoisotopic (exact) mass is 386 g/mol. The van der Waals surface area contributed by atoms with Gasteiger partial charge in [0, 0.05) is 42.4 Å². The third-order valence-corrected chi connectivity index (χ3v) is 5.55. The van der Waals surface area contributed by atoms with Gasteiger partial charge in [-0.3, -0.25) is 9.88 Å². The molecule has 0 radical (unpaired) electrons. The van der Waals surface area contributed by atoms with Crippen LogP contribution >= 0.6 is 23.2 Å². The summed E-state index contributed by atoms with van der Waals surface area (Å²) in [6.07, 6.45) is 5.77. The summed E-state index contributed by atoms with van der Waals surface area (Å²) in [6.45, 7) is 2.89. The molecule has 0 amide bonds. The van der Waals surface area contributed by atoms with Gasteiger partial charge in [0.1, 0.15) is 11.9 Å². The largest absolute Gasteiger partial charge is 0.490 e. The van der Waals surface area contributed by atoms with Crippen molar-refractivity contribution in [2.24, 2.45) is 0 Å². The Balaban J connectivity index is 1.37. The molecule has 5 heteroatoms. The lowest BCUT2D eigenvalue weighted by atomic mass is 10.1. The minimum Gasteiger partial charge on any atom is -0.490 e. The van der Waals surface area contributed by atoms with Crippen LogP contribution in [0.15, 0.2) is 54.9 Å². The highest BCUT2D eigenvalue weighted by Gasteiger charge is 2.21. The van der Waals surface area contributed by atoms with Gasteiger partial charge in [0.25, 0.3) is 0 Å². The SMILES string of the molecule is Clc1ccccc1CN1CCC(Oc2cc(Cl)c3cnccc3c2)CC1. The van der Waals surface area contributed by atoms with Crippen molar-refractivity contribution in [2.75, 3.05) is 13.1 Å². The predicted molar refractivity (Wildman–Crippen MR) is 107 cm³/mol. The van der Waals surface area contributed by atoms with Crippen molar-refractivity contribution in [3.63, 3.8) is 0 Å². The fourth-order valence-electron chi connectivity index (χ4n) is 3.44. The van der Waals surface area contributed by atoms with Gasteiger partial charge in [-0.2, -0.15) is 0 Å². The van der Waals surface area contributed by atoms with Crippen LogP contribution in [0, 0.1) is 0 Å². The van der Waals surface area contributed by atoms with E-state index in [2.05, 4.69) is 16.0 Å². The first-order valence-corrected chi connectivity index (χ1v) is 9.60. The summed E-state index contributed by atoms with van der Waals surface area (Å²) in [5, 5.41) is 3.53. The van der Waals surface area contributed by atoms with Crippen molar-refractivity contribution in [3.05, 3.63) is 70.5 Å². The number of pyridine rings is 1. The maximum Gasteiger partial charge on any atom is 0.121 e. The zero-order chi connectivity index (χ0) is 17.9. The predicted octanol–water partition coefficient (Wildman–Crippen LogP) is 5.59. The lowest BCUT2D eigenvalue weighted by Crippen LogP contribution is -2.37. The standard InChI is InChI=1S/C21H20Cl2N2O/c22-20-4-2-1-3-16(20)14-25-9-6-17(7-10-25)26-18-11-15-5-8-24-13-19(15)21(23)12-18/h1-5,8,11-13,17H,6-7,9-10,14H2. The Morgan fingerprint density at radius 1 is 1.04 bits per heavy atom. The van der Waals surface area contributed by atoms with Gasteiger partial charge >= 0.3 is 0 Å². The third kappa shape index (κ3) is 3.96. The minimum absolute atomic E-state index is 0.216. The summed E-state index contributed by atoms with van der Waals surface area (Å²) in [5.41, 5.74) is 1.18. The van der Waals surface area contributed by atoms with Gasteiger partial charge in [-0.05, 0) is 48.1 Å². The normalized spacial score (nSPS) is 16.1. The molecule has 3 aromatic rings. The number of hydrogen-bond donors (Lipinski definition) is 0. The highest BCUT2D eigenvalue weighted by Crippen LogP contribution is 2.30. The fraction of sp³-hybridized carbons (Fsp3) is 0.286. The van der Waals surface area contributed by atoms with Crippen LogP contribution in [0.1, 0.15) is 18.4 Å². The van der Waals surface area contributed by atoms with Crippen molar-refractivity contribution in [3.8, 4) is 5.75 Å². The van der Waals surface area contributed by atoms with Crippen molar-refractivity contribution >= 4 is 34.0 Å². The molecule has 0 spiro atoms. The molecule has 1 saturated heterocycles. The third-order valence-electron chi connectivity index (χ3n) is 4.87. The maximum atomic E-state index is 6.37. The van der Waals surface area contributed by atoms with E-state index in [0.29, 0.717) is 5.02 Å². The number of hydrogen-bond acceptors (Lipinski definition) is 3. The van der Waals surface area contributed by atoms with Gasteiger partial charge in [-0.25, -0.2) is 0 Å². The van der Waals surface area contributed by atoms with E-state index in [1.165, 1.54) is 5.56 Å².